The van der Waals surface area contributed by atoms with Crippen LogP contribution in [-0.4, -0.2) is 41.4 Å². The maximum atomic E-state index is 12.2. The fraction of sp³-hybridized carbons (Fsp3) is 0.750. The largest absolute Gasteiger partial charge is 0.411 e. The van der Waals surface area contributed by atoms with Crippen molar-refractivity contribution in [2.75, 3.05) is 0 Å². The minimum absolute atomic E-state index is 0.0789. The van der Waals surface area contributed by atoms with E-state index in [0.717, 1.165) is 0 Å². The summed E-state index contributed by atoms with van der Waals surface area (Å²) in [6, 6.07) is 0. The van der Waals surface area contributed by atoms with Gasteiger partial charge in [0.05, 0.1) is 6.10 Å². The molecule has 0 aromatic carbocycles. The number of aromatic nitrogens is 2. The standard InChI is InChI=1S/C16H27N5O5Si/c1-9-8-21(15(24)18-13(9)22)11-7-10(12(25-11)14(23)19-20-17)26-27(5,6)16(2,3)4/h8,10-12,14,23H,7H2,1-6H3,(H,18,22,24)/t10-,11+,12-,14-/m0/s1. The zero-order valence-electron chi connectivity index (χ0n) is 16.5. The number of hydrogen-bond acceptors (Lipinski definition) is 6. The molecule has 0 unspecified atom stereocenters. The lowest BCUT2D eigenvalue weighted by Gasteiger charge is -2.39. The number of azide groups is 1. The summed E-state index contributed by atoms with van der Waals surface area (Å²) >= 11 is 0. The molecule has 0 radical (unpaired) electrons. The number of ether oxygens (including phenoxy) is 1. The number of hydrogen-bond donors (Lipinski definition) is 2. The molecule has 0 spiro atoms. The van der Waals surface area contributed by atoms with Crippen LogP contribution in [-0.2, 0) is 9.16 Å². The van der Waals surface area contributed by atoms with Gasteiger partial charge in [0.15, 0.2) is 14.5 Å². The zero-order chi connectivity index (χ0) is 20.6. The number of H-pyrrole nitrogens is 1. The third-order valence-corrected chi connectivity index (χ3v) is 9.79. The number of aliphatic hydroxyl groups is 1. The van der Waals surface area contributed by atoms with Crippen LogP contribution in [0.25, 0.3) is 10.4 Å². The molecule has 1 fully saturated rings. The van der Waals surface area contributed by atoms with E-state index in [2.05, 4.69) is 48.9 Å². The molecule has 1 aliphatic rings. The quantitative estimate of drug-likeness (QED) is 0.339. The zero-order valence-corrected chi connectivity index (χ0v) is 17.5. The van der Waals surface area contributed by atoms with Crippen molar-refractivity contribution < 1.29 is 14.3 Å². The molecule has 4 atom stereocenters. The highest BCUT2D eigenvalue weighted by molar-refractivity contribution is 6.74. The number of aryl methyl sites for hydroxylation is 1. The van der Waals surface area contributed by atoms with Crippen molar-refractivity contribution >= 4 is 8.32 Å². The summed E-state index contributed by atoms with van der Waals surface area (Å²) in [5, 5.41) is 13.5. The molecule has 2 heterocycles. The predicted molar refractivity (Wildman–Crippen MR) is 102 cm³/mol. The van der Waals surface area contributed by atoms with Gasteiger partial charge < -0.3 is 14.3 Å². The van der Waals surface area contributed by atoms with Gasteiger partial charge in [0.1, 0.15) is 12.3 Å². The molecular formula is C16H27N5O5Si. The first kappa shape index (κ1) is 21.4. The van der Waals surface area contributed by atoms with Crippen molar-refractivity contribution in [3.05, 3.63) is 43.0 Å². The third-order valence-electron chi connectivity index (χ3n) is 5.29. The van der Waals surface area contributed by atoms with Crippen LogP contribution in [0.1, 0.15) is 39.0 Å². The van der Waals surface area contributed by atoms with Crippen molar-refractivity contribution in [2.24, 2.45) is 5.11 Å². The highest BCUT2D eigenvalue weighted by Gasteiger charge is 2.47. The monoisotopic (exact) mass is 397 g/mol. The van der Waals surface area contributed by atoms with Gasteiger partial charge in [-0.2, -0.15) is 0 Å². The molecule has 1 aromatic heterocycles. The van der Waals surface area contributed by atoms with Gasteiger partial charge in [-0.1, -0.05) is 25.9 Å². The normalized spacial score (nSPS) is 24.5. The maximum Gasteiger partial charge on any atom is 0.330 e. The number of aromatic amines is 1. The molecular weight excluding hydrogens is 370 g/mol. The van der Waals surface area contributed by atoms with Gasteiger partial charge in [0, 0.05) is 23.1 Å². The fourth-order valence-electron chi connectivity index (χ4n) is 2.69. The second-order valence-corrected chi connectivity index (χ2v) is 13.1. The summed E-state index contributed by atoms with van der Waals surface area (Å²) in [5.74, 6) is 0. The first-order valence-corrected chi connectivity index (χ1v) is 11.7. The van der Waals surface area contributed by atoms with Crippen LogP contribution in [0.2, 0.25) is 18.1 Å². The van der Waals surface area contributed by atoms with E-state index in [-0.39, 0.29) is 11.5 Å². The number of nitrogens with one attached hydrogen (secondary N) is 1. The second-order valence-electron chi connectivity index (χ2n) is 8.30. The molecule has 150 valence electrons. The molecule has 0 bridgehead atoms. The number of nitrogens with zero attached hydrogens (tertiary/aromatic N) is 4. The maximum absolute atomic E-state index is 12.2. The molecule has 0 amide bonds. The Morgan fingerprint density at radius 1 is 1.48 bits per heavy atom. The molecule has 0 saturated carbocycles. The third kappa shape index (κ3) is 4.50. The van der Waals surface area contributed by atoms with Crippen LogP contribution in [0, 0.1) is 6.92 Å². The van der Waals surface area contributed by atoms with Gasteiger partial charge in [0.2, 0.25) is 0 Å². The van der Waals surface area contributed by atoms with E-state index >= 15 is 0 Å². The Kier molecular flexibility index (Phi) is 6.02. The van der Waals surface area contributed by atoms with E-state index in [1.54, 1.807) is 6.92 Å². The van der Waals surface area contributed by atoms with Crippen LogP contribution in [0.5, 0.6) is 0 Å². The summed E-state index contributed by atoms with van der Waals surface area (Å²) in [6.45, 7) is 12.0. The first-order valence-electron chi connectivity index (χ1n) is 8.75. The Bertz CT molecular complexity index is 852. The van der Waals surface area contributed by atoms with Crippen molar-refractivity contribution in [1.82, 2.24) is 9.55 Å². The Hall–Kier alpha value is -1.91. The highest BCUT2D eigenvalue weighted by atomic mass is 28.4. The molecule has 0 aliphatic carbocycles. The van der Waals surface area contributed by atoms with Crippen molar-refractivity contribution in [3.63, 3.8) is 0 Å². The summed E-state index contributed by atoms with van der Waals surface area (Å²) in [5.41, 5.74) is 7.94. The van der Waals surface area contributed by atoms with E-state index in [9.17, 15) is 14.7 Å². The smallest absolute Gasteiger partial charge is 0.330 e. The first-order chi connectivity index (χ1) is 12.4. The number of aliphatic hydroxyl groups excluding tert-OH is 1. The van der Waals surface area contributed by atoms with Crippen LogP contribution in [0.3, 0.4) is 0 Å². The minimum atomic E-state index is -2.22. The summed E-state index contributed by atoms with van der Waals surface area (Å²) < 4.78 is 13.5. The van der Waals surface area contributed by atoms with Gasteiger partial charge in [-0.05, 0) is 30.6 Å². The molecule has 1 aromatic rings. The molecule has 1 aliphatic heterocycles. The van der Waals surface area contributed by atoms with Gasteiger partial charge in [-0.3, -0.25) is 14.3 Å². The molecule has 11 heteroatoms. The summed E-state index contributed by atoms with van der Waals surface area (Å²) in [6.07, 6.45) is -1.99. The Morgan fingerprint density at radius 3 is 2.67 bits per heavy atom. The Labute approximate surface area is 157 Å². The SMILES string of the molecule is Cc1cn([C@H]2C[C@H](O[Si](C)(C)C(C)(C)C)[C@@H]([C@H](O)N=[N+]=[N-])O2)c(=O)[nH]c1=O. The Balaban J connectivity index is 2.38. The molecule has 27 heavy (non-hydrogen) atoms. The predicted octanol–water partition coefficient (Wildman–Crippen LogP) is 2.15. The van der Waals surface area contributed by atoms with Gasteiger partial charge >= 0.3 is 5.69 Å². The van der Waals surface area contributed by atoms with Gasteiger partial charge in [-0.25, -0.2) is 4.79 Å². The lowest BCUT2D eigenvalue weighted by atomic mass is 10.1. The van der Waals surface area contributed by atoms with E-state index in [1.807, 2.05) is 0 Å². The fourth-order valence-corrected chi connectivity index (χ4v) is 4.03. The van der Waals surface area contributed by atoms with Crippen LogP contribution < -0.4 is 11.2 Å². The molecule has 1 saturated heterocycles. The molecule has 2 N–H and O–H groups in total. The molecule has 10 nitrogen and oxygen atoms in total. The molecule has 2 rings (SSSR count). The van der Waals surface area contributed by atoms with Gasteiger partial charge in [0.25, 0.3) is 5.56 Å². The Morgan fingerprint density at radius 2 is 2.11 bits per heavy atom. The van der Waals surface area contributed by atoms with E-state index < -0.39 is 44.2 Å². The van der Waals surface area contributed by atoms with Crippen molar-refractivity contribution in [2.45, 2.75) is 76.9 Å². The van der Waals surface area contributed by atoms with E-state index in [4.69, 9.17) is 14.7 Å². The van der Waals surface area contributed by atoms with Crippen LogP contribution >= 0.6 is 0 Å². The van der Waals surface area contributed by atoms with E-state index in [0.29, 0.717) is 5.56 Å². The average molecular weight is 398 g/mol. The van der Waals surface area contributed by atoms with E-state index in [1.165, 1.54) is 10.8 Å². The minimum Gasteiger partial charge on any atom is -0.411 e. The summed E-state index contributed by atoms with van der Waals surface area (Å²) in [7, 11) is -2.22. The van der Waals surface area contributed by atoms with Crippen molar-refractivity contribution in [3.8, 4) is 0 Å². The van der Waals surface area contributed by atoms with Crippen LogP contribution in [0.4, 0.5) is 0 Å². The van der Waals surface area contributed by atoms with Crippen LogP contribution in [0.15, 0.2) is 20.9 Å². The van der Waals surface area contributed by atoms with Crippen molar-refractivity contribution in [1.29, 1.82) is 0 Å². The lowest BCUT2D eigenvalue weighted by Crippen LogP contribution is -2.47. The van der Waals surface area contributed by atoms with Gasteiger partial charge in [-0.15, -0.1) is 0 Å². The second kappa shape index (κ2) is 7.61. The average Bonchev–Trinajstić information content (AvgIpc) is 2.93. The topological polar surface area (TPSA) is 142 Å². The number of rotatable bonds is 5. The lowest BCUT2D eigenvalue weighted by molar-refractivity contribution is -0.0786. The highest BCUT2D eigenvalue weighted by Crippen LogP contribution is 2.41. The summed E-state index contributed by atoms with van der Waals surface area (Å²) in [4.78, 5) is 28.7.